The third kappa shape index (κ3) is 5.11. The number of phenolic OH excluding ortho intramolecular Hbond substituents is 1. The van der Waals surface area contributed by atoms with Gasteiger partial charge in [-0.1, -0.05) is 36.4 Å². The van der Waals surface area contributed by atoms with Crippen LogP contribution in [-0.2, 0) is 17.7 Å². The minimum Gasteiger partial charge on any atom is -0.508 e. The number of aliphatic hydroxyl groups excluding tert-OH is 1. The van der Waals surface area contributed by atoms with E-state index >= 15 is 0 Å². The zero-order valence-corrected chi connectivity index (χ0v) is 19.1. The van der Waals surface area contributed by atoms with Gasteiger partial charge >= 0.3 is 0 Å². The van der Waals surface area contributed by atoms with Crippen LogP contribution in [0.5, 0.6) is 5.75 Å². The van der Waals surface area contributed by atoms with Gasteiger partial charge < -0.3 is 25.2 Å². The molecule has 0 bridgehead atoms. The van der Waals surface area contributed by atoms with Crippen molar-refractivity contribution >= 4 is 11.9 Å². The number of ether oxygens (including phenoxy) is 1. The number of hydrogen-bond acceptors (Lipinski definition) is 9. The topological polar surface area (TPSA) is 107 Å². The van der Waals surface area contributed by atoms with Crippen molar-refractivity contribution in [3.05, 3.63) is 59.7 Å². The third-order valence-corrected chi connectivity index (χ3v) is 6.37. The predicted octanol–water partition coefficient (Wildman–Crippen LogP) is 1.91. The van der Waals surface area contributed by atoms with Crippen molar-refractivity contribution in [3.8, 4) is 17.1 Å². The van der Waals surface area contributed by atoms with E-state index in [1.165, 1.54) is 11.1 Å². The Hall–Kier alpha value is -3.27. The lowest BCUT2D eigenvalue weighted by Crippen LogP contribution is -2.44. The lowest BCUT2D eigenvalue weighted by Gasteiger charge is -2.36. The summed E-state index contributed by atoms with van der Waals surface area (Å²) in [6.45, 7) is 5.53. The summed E-state index contributed by atoms with van der Waals surface area (Å²) in [4.78, 5) is 18.5. The number of benzene rings is 2. The molecule has 0 unspecified atom stereocenters. The van der Waals surface area contributed by atoms with Crippen LogP contribution in [0.3, 0.4) is 0 Å². The maximum atomic E-state index is 10.1. The Morgan fingerprint density at radius 1 is 1.00 bits per heavy atom. The fraction of sp³-hybridized carbons (Fsp3) is 0.400. The number of aromatic hydroxyl groups is 1. The summed E-state index contributed by atoms with van der Waals surface area (Å²) in [5.41, 5.74) is 3.15. The van der Waals surface area contributed by atoms with E-state index in [1.807, 2.05) is 23.1 Å². The fourth-order valence-corrected chi connectivity index (χ4v) is 4.48. The summed E-state index contributed by atoms with van der Waals surface area (Å²) in [7, 11) is 0. The highest BCUT2D eigenvalue weighted by atomic mass is 16.5. The van der Waals surface area contributed by atoms with Gasteiger partial charge in [0.05, 0.1) is 25.9 Å². The van der Waals surface area contributed by atoms with Gasteiger partial charge in [0, 0.05) is 38.3 Å². The van der Waals surface area contributed by atoms with Crippen molar-refractivity contribution in [2.24, 2.45) is 0 Å². The number of aromatic nitrogens is 3. The first-order valence-corrected chi connectivity index (χ1v) is 11.7. The Kier molecular flexibility index (Phi) is 6.84. The molecule has 1 aromatic heterocycles. The zero-order chi connectivity index (χ0) is 23.3. The van der Waals surface area contributed by atoms with Gasteiger partial charge in [-0.3, -0.25) is 4.90 Å². The van der Waals surface area contributed by atoms with E-state index in [2.05, 4.69) is 27.3 Å². The molecule has 1 fully saturated rings. The number of rotatable bonds is 7. The molecule has 34 heavy (non-hydrogen) atoms. The van der Waals surface area contributed by atoms with Crippen LogP contribution < -0.4 is 10.2 Å². The molecule has 0 aliphatic carbocycles. The maximum Gasteiger partial charge on any atom is 0.231 e. The molecule has 0 saturated carbocycles. The third-order valence-electron chi connectivity index (χ3n) is 6.37. The van der Waals surface area contributed by atoms with Crippen LogP contribution in [0, 0.1) is 0 Å². The maximum absolute atomic E-state index is 10.1. The van der Waals surface area contributed by atoms with Crippen molar-refractivity contribution < 1.29 is 14.9 Å². The van der Waals surface area contributed by atoms with Crippen molar-refractivity contribution in [3.63, 3.8) is 0 Å². The summed E-state index contributed by atoms with van der Waals surface area (Å²) >= 11 is 0. The first-order chi connectivity index (χ1) is 16.7. The number of nitrogens with zero attached hydrogens (tertiary/aromatic N) is 5. The van der Waals surface area contributed by atoms with E-state index in [9.17, 15) is 10.2 Å². The summed E-state index contributed by atoms with van der Waals surface area (Å²) in [6.07, 6.45) is 0.722. The second kappa shape index (κ2) is 10.3. The first kappa shape index (κ1) is 22.5. The molecule has 1 atom stereocenters. The van der Waals surface area contributed by atoms with E-state index in [0.29, 0.717) is 36.4 Å². The Morgan fingerprint density at radius 3 is 2.62 bits per heavy atom. The summed E-state index contributed by atoms with van der Waals surface area (Å²) in [5.74, 6) is 1.62. The number of fused-ring (bicyclic) bond motifs is 1. The van der Waals surface area contributed by atoms with Crippen molar-refractivity contribution in [1.29, 1.82) is 0 Å². The quantitative estimate of drug-likeness (QED) is 0.485. The Balaban J connectivity index is 1.44. The molecule has 0 radical (unpaired) electrons. The second-order valence-electron chi connectivity index (χ2n) is 8.65. The number of aliphatic hydroxyl groups is 1. The van der Waals surface area contributed by atoms with E-state index in [1.54, 1.807) is 18.2 Å². The summed E-state index contributed by atoms with van der Waals surface area (Å²) in [6, 6.07) is 15.0. The van der Waals surface area contributed by atoms with Gasteiger partial charge in [0.15, 0.2) is 5.82 Å². The number of anilines is 2. The van der Waals surface area contributed by atoms with Crippen molar-refractivity contribution in [2.45, 2.75) is 19.0 Å². The highest BCUT2D eigenvalue weighted by molar-refractivity contribution is 5.60. The van der Waals surface area contributed by atoms with E-state index < -0.39 is 0 Å². The van der Waals surface area contributed by atoms with Gasteiger partial charge in [0.1, 0.15) is 5.75 Å². The van der Waals surface area contributed by atoms with Crippen LogP contribution in [0.4, 0.5) is 11.9 Å². The second-order valence-corrected chi connectivity index (χ2v) is 8.65. The predicted molar refractivity (Wildman–Crippen MR) is 130 cm³/mol. The molecule has 0 amide bonds. The summed E-state index contributed by atoms with van der Waals surface area (Å²) in [5, 5.41) is 23.5. The number of morpholine rings is 1. The molecular weight excluding hydrogens is 432 g/mol. The fourth-order valence-electron chi connectivity index (χ4n) is 4.48. The van der Waals surface area contributed by atoms with E-state index in [4.69, 9.17) is 14.7 Å². The number of phenols is 1. The Labute approximate surface area is 199 Å². The van der Waals surface area contributed by atoms with Gasteiger partial charge in [-0.15, -0.1) is 0 Å². The molecule has 2 aliphatic heterocycles. The molecule has 178 valence electrons. The highest BCUT2D eigenvalue weighted by Gasteiger charge is 2.28. The van der Waals surface area contributed by atoms with Crippen LogP contribution in [0.1, 0.15) is 11.1 Å². The molecule has 1 saturated heterocycles. The largest absolute Gasteiger partial charge is 0.508 e. The molecule has 5 rings (SSSR count). The molecule has 3 aromatic rings. The summed E-state index contributed by atoms with van der Waals surface area (Å²) < 4.78 is 5.43. The van der Waals surface area contributed by atoms with Crippen molar-refractivity contribution in [1.82, 2.24) is 19.9 Å². The standard InChI is InChI=1S/C25H30N6O3/c32-17-21-14-18-4-1-2-5-20(18)16-31(21)25-28-23(19-6-3-7-22(33)15-19)27-24(29-25)26-8-9-30-10-12-34-13-11-30/h1-7,15,21,32-33H,8-14,16-17H2,(H,26,27,28,29)/t21-/m1/s1. The average Bonchev–Trinajstić information content (AvgIpc) is 2.88. The molecule has 0 spiro atoms. The minimum atomic E-state index is -0.129. The van der Waals surface area contributed by atoms with Crippen LogP contribution in [0.2, 0.25) is 0 Å². The lowest BCUT2D eigenvalue weighted by atomic mass is 9.94. The Morgan fingerprint density at radius 2 is 1.82 bits per heavy atom. The van der Waals surface area contributed by atoms with E-state index in [-0.39, 0.29) is 18.4 Å². The number of nitrogens with one attached hydrogen (secondary N) is 1. The smallest absolute Gasteiger partial charge is 0.231 e. The van der Waals surface area contributed by atoms with Gasteiger partial charge in [-0.05, 0) is 29.7 Å². The molecular formula is C25H30N6O3. The minimum absolute atomic E-state index is 0.00126. The molecule has 2 aliphatic rings. The normalized spacial score (nSPS) is 18.5. The van der Waals surface area contributed by atoms with Crippen LogP contribution in [0.25, 0.3) is 11.4 Å². The highest BCUT2D eigenvalue weighted by Crippen LogP contribution is 2.29. The average molecular weight is 463 g/mol. The number of hydrogen-bond donors (Lipinski definition) is 3. The van der Waals surface area contributed by atoms with Gasteiger partial charge in [0.2, 0.25) is 11.9 Å². The van der Waals surface area contributed by atoms with Crippen molar-refractivity contribution in [2.75, 3.05) is 56.2 Å². The zero-order valence-electron chi connectivity index (χ0n) is 19.1. The van der Waals surface area contributed by atoms with E-state index in [0.717, 1.165) is 39.3 Å². The van der Waals surface area contributed by atoms with Gasteiger partial charge in [-0.25, -0.2) is 0 Å². The molecule has 2 aromatic carbocycles. The Bertz CT molecular complexity index is 1120. The molecule has 3 heterocycles. The monoisotopic (exact) mass is 462 g/mol. The SMILES string of the molecule is OC[C@H]1Cc2ccccc2CN1c1nc(NCCN2CCOCC2)nc(-c2cccc(O)c2)n1. The van der Waals surface area contributed by atoms with Gasteiger partial charge in [-0.2, -0.15) is 15.0 Å². The first-order valence-electron chi connectivity index (χ1n) is 11.7. The van der Waals surface area contributed by atoms with Gasteiger partial charge in [0.25, 0.3) is 0 Å². The molecule has 9 heteroatoms. The van der Waals surface area contributed by atoms with Crippen LogP contribution in [-0.4, -0.2) is 82.1 Å². The molecule has 3 N–H and O–H groups in total. The lowest BCUT2D eigenvalue weighted by molar-refractivity contribution is 0.0398. The van der Waals surface area contributed by atoms with Crippen LogP contribution in [0.15, 0.2) is 48.5 Å². The van der Waals surface area contributed by atoms with Crippen LogP contribution >= 0.6 is 0 Å². The molecule has 9 nitrogen and oxygen atoms in total.